The van der Waals surface area contributed by atoms with Crippen LogP contribution in [0.5, 0.6) is 0 Å². The summed E-state index contributed by atoms with van der Waals surface area (Å²) in [5, 5.41) is 1.39. The van der Waals surface area contributed by atoms with Crippen LogP contribution in [0.4, 0.5) is 5.69 Å². The Morgan fingerprint density at radius 3 is 2.92 bits per heavy atom. The number of hydrogen-bond donors (Lipinski definition) is 0. The van der Waals surface area contributed by atoms with Crippen molar-refractivity contribution in [3.05, 3.63) is 52.6 Å². The number of imidazole rings is 1. The summed E-state index contributed by atoms with van der Waals surface area (Å²) in [7, 11) is 0. The number of aromatic nitrogens is 2. The fourth-order valence-electron chi connectivity index (χ4n) is 4.09. The lowest BCUT2D eigenvalue weighted by atomic mass is 10.1. The van der Waals surface area contributed by atoms with E-state index in [-0.39, 0.29) is 0 Å². The van der Waals surface area contributed by atoms with Gasteiger partial charge in [0.25, 0.3) is 5.82 Å². The first-order chi connectivity index (χ1) is 12.8. The minimum Gasteiger partial charge on any atom is -0.366 e. The van der Waals surface area contributed by atoms with Gasteiger partial charge in [-0.25, -0.2) is 14.0 Å². The molecule has 0 spiro atoms. The Hall–Kier alpha value is -2.19. The Morgan fingerprint density at radius 1 is 1.27 bits per heavy atom. The first-order valence-corrected chi connectivity index (χ1v) is 10.5. The molecule has 4 nitrogen and oxygen atoms in total. The average molecular weight is 366 g/mol. The Morgan fingerprint density at radius 2 is 2.15 bits per heavy atom. The van der Waals surface area contributed by atoms with E-state index in [1.54, 1.807) is 0 Å². The summed E-state index contributed by atoms with van der Waals surface area (Å²) >= 11 is 1.96. The van der Waals surface area contributed by atoms with Crippen LogP contribution in [0, 0.1) is 6.57 Å². The zero-order chi connectivity index (χ0) is 18.1. The highest BCUT2D eigenvalue weighted by Crippen LogP contribution is 2.31. The van der Waals surface area contributed by atoms with Gasteiger partial charge in [0.15, 0.2) is 16.7 Å². The monoisotopic (exact) mass is 365 g/mol. The van der Waals surface area contributed by atoms with Gasteiger partial charge in [-0.15, -0.1) is 11.8 Å². The molecule has 1 fully saturated rings. The third-order valence-corrected chi connectivity index (χ3v) is 6.42. The normalized spacial score (nSPS) is 20.1. The Balaban J connectivity index is 1.84. The van der Waals surface area contributed by atoms with Gasteiger partial charge in [-0.2, -0.15) is 0 Å². The minimum atomic E-state index is 0.719. The molecule has 0 saturated carbocycles. The van der Waals surface area contributed by atoms with E-state index in [9.17, 15) is 0 Å². The zero-order valence-electron chi connectivity index (χ0n) is 15.5. The third kappa shape index (κ3) is 2.83. The SMILES string of the molecule is [C-]#[N+]c1ccc2c(c1)n(CC)c1[n+]2CCCC1=CC=C1SCCN1CC. The van der Waals surface area contributed by atoms with Crippen LogP contribution >= 0.6 is 11.8 Å². The number of hydrogen-bond acceptors (Lipinski definition) is 2. The molecule has 134 valence electrons. The smallest absolute Gasteiger partial charge is 0.285 e. The molecule has 0 bridgehead atoms. The van der Waals surface area contributed by atoms with E-state index in [1.807, 2.05) is 23.9 Å². The summed E-state index contributed by atoms with van der Waals surface area (Å²) in [6.45, 7) is 16.0. The zero-order valence-corrected chi connectivity index (χ0v) is 16.4. The molecule has 0 amide bonds. The average Bonchev–Trinajstić information content (AvgIpc) is 3.27. The lowest BCUT2D eigenvalue weighted by Crippen LogP contribution is -2.40. The number of thioether (sulfide) groups is 1. The number of allylic oxidation sites excluding steroid dienone is 3. The van der Waals surface area contributed by atoms with E-state index < -0.39 is 0 Å². The molecule has 0 N–H and O–H groups in total. The van der Waals surface area contributed by atoms with E-state index in [1.165, 1.54) is 39.6 Å². The van der Waals surface area contributed by atoms with Gasteiger partial charge in [0, 0.05) is 24.4 Å². The van der Waals surface area contributed by atoms with Crippen LogP contribution in [-0.4, -0.2) is 28.3 Å². The lowest BCUT2D eigenvalue weighted by Gasteiger charge is -2.16. The molecular formula is C21H25N4S+. The van der Waals surface area contributed by atoms with Crippen molar-refractivity contribution in [2.24, 2.45) is 0 Å². The van der Waals surface area contributed by atoms with Gasteiger partial charge >= 0.3 is 0 Å². The number of aryl methyl sites for hydroxylation is 2. The van der Waals surface area contributed by atoms with E-state index >= 15 is 0 Å². The lowest BCUT2D eigenvalue weighted by molar-refractivity contribution is -0.678. The van der Waals surface area contributed by atoms with Crippen LogP contribution in [0.2, 0.25) is 0 Å². The van der Waals surface area contributed by atoms with Gasteiger partial charge < -0.3 is 4.90 Å². The maximum Gasteiger partial charge on any atom is 0.285 e. The Kier molecular flexibility index (Phi) is 4.78. The molecule has 4 rings (SSSR count). The van der Waals surface area contributed by atoms with E-state index in [4.69, 9.17) is 6.57 Å². The van der Waals surface area contributed by atoms with Gasteiger partial charge in [-0.3, -0.25) is 0 Å². The van der Waals surface area contributed by atoms with Crippen LogP contribution in [0.3, 0.4) is 0 Å². The van der Waals surface area contributed by atoms with Crippen LogP contribution in [0.1, 0.15) is 32.5 Å². The maximum absolute atomic E-state index is 7.33. The van der Waals surface area contributed by atoms with Crippen LogP contribution in [0.25, 0.3) is 21.5 Å². The molecule has 2 aliphatic heterocycles. The number of nitrogens with zero attached hydrogens (tertiary/aromatic N) is 4. The molecule has 0 aliphatic carbocycles. The predicted molar refractivity (Wildman–Crippen MR) is 109 cm³/mol. The van der Waals surface area contributed by atoms with Crippen molar-refractivity contribution < 1.29 is 4.57 Å². The Bertz CT molecular complexity index is 945. The molecule has 26 heavy (non-hydrogen) atoms. The first kappa shape index (κ1) is 17.2. The molecular weight excluding hydrogens is 340 g/mol. The van der Waals surface area contributed by atoms with Crippen molar-refractivity contribution in [3.8, 4) is 0 Å². The topological polar surface area (TPSA) is 16.4 Å². The highest BCUT2D eigenvalue weighted by molar-refractivity contribution is 8.03. The standard InChI is InChI=1S/C21H25N4S/c1-4-23-13-14-26-20(23)11-8-16-7-6-12-25-18-10-9-17(22-3)15-19(18)24(5-2)21(16)25/h8-11,15H,4-7,12-14H2,1-2H3/q+1. The second-order valence-corrected chi connectivity index (χ2v) is 7.85. The Labute approximate surface area is 159 Å². The molecule has 2 aromatic rings. The summed E-state index contributed by atoms with van der Waals surface area (Å²) in [4.78, 5) is 6.08. The molecule has 3 heterocycles. The van der Waals surface area contributed by atoms with Crippen molar-refractivity contribution in [2.45, 2.75) is 39.8 Å². The molecule has 1 saturated heterocycles. The van der Waals surface area contributed by atoms with Crippen molar-refractivity contribution in [1.82, 2.24) is 9.47 Å². The molecule has 1 aromatic heterocycles. The van der Waals surface area contributed by atoms with Crippen molar-refractivity contribution in [2.75, 3.05) is 18.8 Å². The molecule has 0 radical (unpaired) electrons. The van der Waals surface area contributed by atoms with Gasteiger partial charge in [-0.1, -0.05) is 6.07 Å². The largest absolute Gasteiger partial charge is 0.366 e. The van der Waals surface area contributed by atoms with E-state index in [0.717, 1.165) is 38.3 Å². The minimum absolute atomic E-state index is 0.719. The quantitative estimate of drug-likeness (QED) is 0.584. The summed E-state index contributed by atoms with van der Waals surface area (Å²) in [6.07, 6.45) is 6.94. The van der Waals surface area contributed by atoms with Crippen LogP contribution < -0.4 is 4.57 Å². The van der Waals surface area contributed by atoms with Crippen molar-refractivity contribution in [1.29, 1.82) is 0 Å². The summed E-state index contributed by atoms with van der Waals surface area (Å²) in [6, 6.07) is 6.10. The van der Waals surface area contributed by atoms with E-state index in [0.29, 0.717) is 0 Å². The summed E-state index contributed by atoms with van der Waals surface area (Å²) in [5.74, 6) is 2.51. The van der Waals surface area contributed by atoms with Crippen molar-refractivity contribution in [3.63, 3.8) is 0 Å². The van der Waals surface area contributed by atoms with Crippen molar-refractivity contribution >= 4 is 34.1 Å². The number of fused-ring (bicyclic) bond motifs is 3. The highest BCUT2D eigenvalue weighted by Gasteiger charge is 2.30. The third-order valence-electron chi connectivity index (χ3n) is 5.34. The number of rotatable bonds is 3. The molecule has 5 heteroatoms. The molecule has 2 aliphatic rings. The summed E-state index contributed by atoms with van der Waals surface area (Å²) < 4.78 is 4.83. The molecule has 0 unspecified atom stereocenters. The summed E-state index contributed by atoms with van der Waals surface area (Å²) in [5.41, 5.74) is 4.56. The number of benzene rings is 1. The fourth-order valence-corrected chi connectivity index (χ4v) is 5.18. The van der Waals surface area contributed by atoms with Gasteiger partial charge in [0.1, 0.15) is 0 Å². The second-order valence-electron chi connectivity index (χ2n) is 6.73. The molecule has 0 atom stereocenters. The van der Waals surface area contributed by atoms with Crippen LogP contribution in [-0.2, 0) is 13.1 Å². The second kappa shape index (κ2) is 7.20. The molecule has 1 aromatic carbocycles. The van der Waals surface area contributed by atoms with Crippen LogP contribution in [0.15, 0.2) is 35.4 Å². The first-order valence-electron chi connectivity index (χ1n) is 9.49. The van der Waals surface area contributed by atoms with E-state index in [2.05, 4.69) is 50.9 Å². The van der Waals surface area contributed by atoms with Gasteiger partial charge in [0.05, 0.1) is 24.7 Å². The maximum atomic E-state index is 7.33. The van der Waals surface area contributed by atoms with Gasteiger partial charge in [-0.05, 0) is 51.0 Å². The predicted octanol–water partition coefficient (Wildman–Crippen LogP) is 4.59. The van der Waals surface area contributed by atoms with Gasteiger partial charge in [0.2, 0.25) is 0 Å². The fraction of sp³-hybridized carbons (Fsp3) is 0.429. The highest BCUT2D eigenvalue weighted by atomic mass is 32.2.